The third kappa shape index (κ3) is 1.61. The molecule has 0 amide bonds. The first-order valence-electron chi connectivity index (χ1n) is 5.46. The molecule has 1 aromatic carbocycles. The molecular weight excluding hydrogens is 204 g/mol. The van der Waals surface area contributed by atoms with Gasteiger partial charge in [-0.2, -0.15) is 0 Å². The highest BCUT2D eigenvalue weighted by molar-refractivity contribution is 5.75. The SMILES string of the molecule is Cc1ccc(C2(C(O)C(=O)O)CC2)cc1C. The fourth-order valence-electron chi connectivity index (χ4n) is 2.14. The van der Waals surface area contributed by atoms with Crippen molar-refractivity contribution in [2.75, 3.05) is 0 Å². The molecule has 2 N–H and O–H groups in total. The second-order valence-corrected chi connectivity index (χ2v) is 4.70. The third-order valence-corrected chi connectivity index (χ3v) is 3.63. The summed E-state index contributed by atoms with van der Waals surface area (Å²) in [4.78, 5) is 10.9. The molecule has 1 aromatic rings. The van der Waals surface area contributed by atoms with Crippen molar-refractivity contribution in [3.8, 4) is 0 Å². The highest BCUT2D eigenvalue weighted by Gasteiger charge is 2.53. The van der Waals surface area contributed by atoms with Crippen molar-refractivity contribution in [3.05, 3.63) is 34.9 Å². The summed E-state index contributed by atoms with van der Waals surface area (Å²) in [5.74, 6) is -1.13. The van der Waals surface area contributed by atoms with Crippen LogP contribution in [0.25, 0.3) is 0 Å². The van der Waals surface area contributed by atoms with Gasteiger partial charge in [-0.1, -0.05) is 18.2 Å². The molecule has 3 heteroatoms. The summed E-state index contributed by atoms with van der Waals surface area (Å²) in [6, 6.07) is 5.91. The van der Waals surface area contributed by atoms with Gasteiger partial charge in [0.15, 0.2) is 6.10 Å². The van der Waals surface area contributed by atoms with E-state index < -0.39 is 17.5 Å². The van der Waals surface area contributed by atoms with Crippen molar-refractivity contribution >= 4 is 5.97 Å². The number of hydrogen-bond donors (Lipinski definition) is 2. The lowest BCUT2D eigenvalue weighted by Crippen LogP contribution is -2.33. The minimum atomic E-state index is -1.28. The highest BCUT2D eigenvalue weighted by Crippen LogP contribution is 2.51. The van der Waals surface area contributed by atoms with Crippen LogP contribution < -0.4 is 0 Å². The van der Waals surface area contributed by atoms with Crippen LogP contribution >= 0.6 is 0 Å². The van der Waals surface area contributed by atoms with E-state index in [2.05, 4.69) is 0 Å². The van der Waals surface area contributed by atoms with E-state index in [-0.39, 0.29) is 0 Å². The molecule has 1 aliphatic rings. The van der Waals surface area contributed by atoms with E-state index in [4.69, 9.17) is 5.11 Å². The van der Waals surface area contributed by atoms with Crippen molar-refractivity contribution in [1.82, 2.24) is 0 Å². The number of benzene rings is 1. The summed E-state index contributed by atoms with van der Waals surface area (Å²) in [6.07, 6.45) is 0.223. The predicted octanol–water partition coefficient (Wildman–Crippen LogP) is 1.78. The fourth-order valence-corrected chi connectivity index (χ4v) is 2.14. The summed E-state index contributed by atoms with van der Waals surface area (Å²) in [7, 11) is 0. The molecule has 16 heavy (non-hydrogen) atoms. The Morgan fingerprint density at radius 2 is 1.94 bits per heavy atom. The number of carboxylic acid groups (broad SMARTS) is 1. The van der Waals surface area contributed by atoms with Gasteiger partial charge in [-0.3, -0.25) is 0 Å². The van der Waals surface area contributed by atoms with Gasteiger partial charge in [0.25, 0.3) is 0 Å². The van der Waals surface area contributed by atoms with Gasteiger partial charge in [-0.15, -0.1) is 0 Å². The molecule has 86 valence electrons. The van der Waals surface area contributed by atoms with E-state index in [1.165, 1.54) is 5.56 Å². The first-order chi connectivity index (χ1) is 7.47. The lowest BCUT2D eigenvalue weighted by Gasteiger charge is -2.20. The van der Waals surface area contributed by atoms with Gasteiger partial charge in [-0.25, -0.2) is 4.79 Å². The quantitative estimate of drug-likeness (QED) is 0.816. The molecule has 0 radical (unpaired) electrons. The molecule has 1 unspecified atom stereocenters. The van der Waals surface area contributed by atoms with Gasteiger partial charge >= 0.3 is 5.97 Å². The summed E-state index contributed by atoms with van der Waals surface area (Å²) >= 11 is 0. The van der Waals surface area contributed by atoms with Crippen LogP contribution in [-0.2, 0) is 10.2 Å². The van der Waals surface area contributed by atoms with Gasteiger partial charge in [-0.05, 0) is 43.4 Å². The summed E-state index contributed by atoms with van der Waals surface area (Å²) in [6.45, 7) is 4.02. The molecule has 3 nitrogen and oxygen atoms in total. The molecule has 1 aliphatic carbocycles. The van der Waals surface area contributed by atoms with Crippen molar-refractivity contribution in [1.29, 1.82) is 0 Å². The number of aliphatic carboxylic acids is 1. The van der Waals surface area contributed by atoms with Crippen LogP contribution in [0.4, 0.5) is 0 Å². The normalized spacial score (nSPS) is 19.2. The molecule has 0 aliphatic heterocycles. The topological polar surface area (TPSA) is 57.5 Å². The van der Waals surface area contributed by atoms with Crippen molar-refractivity contribution in [3.63, 3.8) is 0 Å². The van der Waals surface area contributed by atoms with Crippen LogP contribution in [0.2, 0.25) is 0 Å². The van der Waals surface area contributed by atoms with E-state index in [1.807, 2.05) is 32.0 Å². The second kappa shape index (κ2) is 3.59. The summed E-state index contributed by atoms with van der Waals surface area (Å²) < 4.78 is 0. The maximum absolute atomic E-state index is 10.9. The first-order valence-corrected chi connectivity index (χ1v) is 5.46. The molecule has 1 saturated carbocycles. The van der Waals surface area contributed by atoms with Gasteiger partial charge in [0, 0.05) is 5.41 Å². The van der Waals surface area contributed by atoms with Crippen molar-refractivity contribution < 1.29 is 15.0 Å². The number of aliphatic hydroxyl groups is 1. The Bertz CT molecular complexity index is 433. The average molecular weight is 220 g/mol. The molecule has 0 saturated heterocycles. The first kappa shape index (κ1) is 11.1. The molecule has 0 aromatic heterocycles. The molecule has 2 rings (SSSR count). The Labute approximate surface area is 94.7 Å². The standard InChI is InChI=1S/C13H16O3/c1-8-3-4-10(7-9(8)2)13(5-6-13)11(14)12(15)16/h3-4,7,11,14H,5-6H2,1-2H3,(H,15,16). The van der Waals surface area contributed by atoms with E-state index in [0.717, 1.165) is 24.0 Å². The fraction of sp³-hybridized carbons (Fsp3) is 0.462. The minimum absolute atomic E-state index is 0.537. The smallest absolute Gasteiger partial charge is 0.333 e. The van der Waals surface area contributed by atoms with Crippen LogP contribution in [-0.4, -0.2) is 22.3 Å². The van der Waals surface area contributed by atoms with Crippen molar-refractivity contribution in [2.24, 2.45) is 0 Å². The van der Waals surface area contributed by atoms with Crippen LogP contribution in [0.1, 0.15) is 29.5 Å². The lowest BCUT2D eigenvalue weighted by molar-refractivity contribution is -0.148. The Morgan fingerprint density at radius 1 is 1.31 bits per heavy atom. The Morgan fingerprint density at radius 3 is 2.38 bits per heavy atom. The number of rotatable bonds is 3. The Kier molecular flexibility index (Phi) is 2.50. The molecule has 1 atom stereocenters. The van der Waals surface area contributed by atoms with E-state index in [9.17, 15) is 9.90 Å². The largest absolute Gasteiger partial charge is 0.479 e. The number of aryl methyl sites for hydroxylation is 2. The number of aliphatic hydroxyl groups excluding tert-OH is 1. The van der Waals surface area contributed by atoms with Crippen LogP contribution in [0.3, 0.4) is 0 Å². The zero-order valence-corrected chi connectivity index (χ0v) is 9.53. The highest BCUT2D eigenvalue weighted by atomic mass is 16.4. The lowest BCUT2D eigenvalue weighted by atomic mass is 9.88. The van der Waals surface area contributed by atoms with Gasteiger partial charge in [0.05, 0.1) is 0 Å². The Hall–Kier alpha value is -1.35. The number of carboxylic acids is 1. The number of hydrogen-bond acceptors (Lipinski definition) is 2. The maximum atomic E-state index is 10.9. The van der Waals surface area contributed by atoms with Gasteiger partial charge < -0.3 is 10.2 Å². The molecular formula is C13H16O3. The van der Waals surface area contributed by atoms with E-state index in [1.54, 1.807) is 0 Å². The minimum Gasteiger partial charge on any atom is -0.479 e. The summed E-state index contributed by atoms with van der Waals surface area (Å²) in [5, 5.41) is 18.6. The number of carbonyl (C=O) groups is 1. The van der Waals surface area contributed by atoms with Gasteiger partial charge in [0.2, 0.25) is 0 Å². The summed E-state index contributed by atoms with van der Waals surface area (Å²) in [5.41, 5.74) is 2.74. The monoisotopic (exact) mass is 220 g/mol. The zero-order chi connectivity index (χ0) is 11.9. The van der Waals surface area contributed by atoms with Crippen molar-refractivity contribution in [2.45, 2.75) is 38.2 Å². The maximum Gasteiger partial charge on any atom is 0.333 e. The van der Waals surface area contributed by atoms with Gasteiger partial charge in [0.1, 0.15) is 0 Å². The zero-order valence-electron chi connectivity index (χ0n) is 9.53. The van der Waals surface area contributed by atoms with E-state index >= 15 is 0 Å². The van der Waals surface area contributed by atoms with Crippen LogP contribution in [0.15, 0.2) is 18.2 Å². The Balaban J connectivity index is 2.37. The van der Waals surface area contributed by atoms with E-state index in [0.29, 0.717) is 0 Å². The van der Waals surface area contributed by atoms with Crippen LogP contribution in [0, 0.1) is 13.8 Å². The third-order valence-electron chi connectivity index (χ3n) is 3.63. The second-order valence-electron chi connectivity index (χ2n) is 4.70. The predicted molar refractivity (Wildman–Crippen MR) is 60.5 cm³/mol. The average Bonchev–Trinajstić information content (AvgIpc) is 3.02. The molecule has 1 fully saturated rings. The molecule has 0 bridgehead atoms. The van der Waals surface area contributed by atoms with Crippen LogP contribution in [0.5, 0.6) is 0 Å². The molecule has 0 spiro atoms. The molecule has 0 heterocycles.